The van der Waals surface area contributed by atoms with Crippen LogP contribution in [0.5, 0.6) is 0 Å². The lowest BCUT2D eigenvalue weighted by atomic mass is 10.1. The fraction of sp³-hybridized carbons (Fsp3) is 0.474. The number of nitriles is 1. The molecule has 142 valence electrons. The zero-order valence-electron chi connectivity index (χ0n) is 15.6. The standard InChI is InChI=1S/C19H24N6O2/c1-19(2,22-12-16(26)25-10-6-9-15(25)11-20)13-21-18-24-23-17(27-18)14-7-4-3-5-8-14/h3-5,7-8,15,22H,6,9-10,12-13H2,1-2H3,(H,21,24)/t15-/m0/s1. The molecule has 1 aromatic heterocycles. The molecule has 1 aliphatic heterocycles. The van der Waals surface area contributed by atoms with Gasteiger partial charge < -0.3 is 20.0 Å². The molecule has 1 aromatic carbocycles. The number of nitrogens with zero attached hydrogens (tertiary/aromatic N) is 4. The zero-order valence-corrected chi connectivity index (χ0v) is 15.6. The molecule has 1 fully saturated rings. The van der Waals surface area contributed by atoms with E-state index in [1.807, 2.05) is 44.2 Å². The van der Waals surface area contributed by atoms with Crippen LogP contribution in [-0.2, 0) is 4.79 Å². The van der Waals surface area contributed by atoms with E-state index in [0.717, 1.165) is 18.4 Å². The molecule has 0 unspecified atom stereocenters. The van der Waals surface area contributed by atoms with E-state index in [4.69, 9.17) is 9.68 Å². The van der Waals surface area contributed by atoms with E-state index in [9.17, 15) is 4.79 Å². The summed E-state index contributed by atoms with van der Waals surface area (Å²) >= 11 is 0. The number of anilines is 1. The Kier molecular flexibility index (Phi) is 5.72. The molecule has 0 saturated carbocycles. The van der Waals surface area contributed by atoms with E-state index < -0.39 is 0 Å². The summed E-state index contributed by atoms with van der Waals surface area (Å²) in [5.41, 5.74) is 0.484. The lowest BCUT2D eigenvalue weighted by Crippen LogP contribution is -2.50. The maximum Gasteiger partial charge on any atom is 0.315 e. The first-order chi connectivity index (χ1) is 13.0. The van der Waals surface area contributed by atoms with Gasteiger partial charge in [-0.05, 0) is 38.8 Å². The zero-order chi connectivity index (χ0) is 19.3. The van der Waals surface area contributed by atoms with Crippen molar-refractivity contribution in [1.82, 2.24) is 20.4 Å². The van der Waals surface area contributed by atoms with E-state index >= 15 is 0 Å². The number of hydrogen-bond donors (Lipinski definition) is 2. The second-order valence-corrected chi connectivity index (χ2v) is 7.24. The number of rotatable bonds is 7. The summed E-state index contributed by atoms with van der Waals surface area (Å²) in [5, 5.41) is 23.5. The molecule has 1 amide bonds. The van der Waals surface area contributed by atoms with E-state index in [1.54, 1.807) is 4.90 Å². The molecule has 8 heteroatoms. The van der Waals surface area contributed by atoms with Crippen LogP contribution in [0.25, 0.3) is 11.5 Å². The van der Waals surface area contributed by atoms with Gasteiger partial charge in [-0.2, -0.15) is 5.26 Å². The molecule has 0 spiro atoms. The molecule has 0 radical (unpaired) electrons. The number of hydrogen-bond acceptors (Lipinski definition) is 7. The van der Waals surface area contributed by atoms with Crippen LogP contribution in [0.1, 0.15) is 26.7 Å². The number of benzene rings is 1. The van der Waals surface area contributed by atoms with E-state index in [1.165, 1.54) is 0 Å². The number of amides is 1. The van der Waals surface area contributed by atoms with Crippen molar-refractivity contribution in [2.45, 2.75) is 38.3 Å². The first-order valence-corrected chi connectivity index (χ1v) is 9.05. The lowest BCUT2D eigenvalue weighted by molar-refractivity contribution is -0.130. The van der Waals surface area contributed by atoms with Crippen molar-refractivity contribution in [2.75, 3.05) is 25.0 Å². The highest BCUT2D eigenvalue weighted by Crippen LogP contribution is 2.20. The summed E-state index contributed by atoms with van der Waals surface area (Å²) in [6, 6.07) is 11.8. The van der Waals surface area contributed by atoms with Gasteiger partial charge in [0.1, 0.15) is 6.04 Å². The predicted octanol–water partition coefficient (Wildman–Crippen LogP) is 2.03. The molecular formula is C19H24N6O2. The van der Waals surface area contributed by atoms with Crippen molar-refractivity contribution >= 4 is 11.9 Å². The number of aromatic nitrogens is 2. The normalized spacial score (nSPS) is 16.9. The van der Waals surface area contributed by atoms with Crippen molar-refractivity contribution in [3.05, 3.63) is 30.3 Å². The Morgan fingerprint density at radius 1 is 1.37 bits per heavy atom. The lowest BCUT2D eigenvalue weighted by Gasteiger charge is -2.28. The molecule has 0 bridgehead atoms. The molecule has 1 atom stereocenters. The van der Waals surface area contributed by atoms with Gasteiger partial charge in [0.05, 0.1) is 12.6 Å². The molecule has 27 heavy (non-hydrogen) atoms. The van der Waals surface area contributed by atoms with Gasteiger partial charge in [-0.3, -0.25) is 4.79 Å². The minimum atomic E-state index is -0.376. The second kappa shape index (κ2) is 8.18. The highest BCUT2D eigenvalue weighted by Gasteiger charge is 2.29. The van der Waals surface area contributed by atoms with Gasteiger partial charge in [0, 0.05) is 24.2 Å². The molecule has 1 aliphatic rings. The van der Waals surface area contributed by atoms with E-state index in [-0.39, 0.29) is 24.0 Å². The summed E-state index contributed by atoms with van der Waals surface area (Å²) < 4.78 is 5.63. The summed E-state index contributed by atoms with van der Waals surface area (Å²) in [6.45, 7) is 5.30. The first kappa shape index (κ1) is 18.9. The minimum Gasteiger partial charge on any atom is -0.403 e. The van der Waals surface area contributed by atoms with Crippen molar-refractivity contribution in [2.24, 2.45) is 0 Å². The Morgan fingerprint density at radius 3 is 2.89 bits per heavy atom. The van der Waals surface area contributed by atoms with Gasteiger partial charge in [-0.1, -0.05) is 23.3 Å². The molecular weight excluding hydrogens is 344 g/mol. The highest BCUT2D eigenvalue weighted by molar-refractivity contribution is 5.79. The van der Waals surface area contributed by atoms with Gasteiger partial charge in [0.2, 0.25) is 11.8 Å². The fourth-order valence-corrected chi connectivity index (χ4v) is 2.97. The summed E-state index contributed by atoms with van der Waals surface area (Å²) in [7, 11) is 0. The Bertz CT molecular complexity index is 811. The Hall–Kier alpha value is -2.92. The van der Waals surface area contributed by atoms with Crippen LogP contribution >= 0.6 is 0 Å². The third kappa shape index (κ3) is 4.83. The Labute approximate surface area is 158 Å². The van der Waals surface area contributed by atoms with Crippen molar-refractivity contribution in [1.29, 1.82) is 5.26 Å². The SMILES string of the molecule is CC(C)(CNc1nnc(-c2ccccc2)o1)NCC(=O)N1CCC[C@H]1C#N. The molecule has 8 nitrogen and oxygen atoms in total. The number of likely N-dealkylation sites (tertiary alicyclic amines) is 1. The largest absolute Gasteiger partial charge is 0.403 e. The summed E-state index contributed by atoms with van der Waals surface area (Å²) in [6.07, 6.45) is 1.64. The maximum absolute atomic E-state index is 12.3. The third-order valence-electron chi connectivity index (χ3n) is 4.57. The number of nitrogens with one attached hydrogen (secondary N) is 2. The van der Waals surface area contributed by atoms with Crippen LogP contribution < -0.4 is 10.6 Å². The van der Waals surface area contributed by atoms with Gasteiger partial charge >= 0.3 is 6.01 Å². The van der Waals surface area contributed by atoms with Crippen LogP contribution in [0, 0.1) is 11.3 Å². The van der Waals surface area contributed by atoms with Crippen molar-refractivity contribution in [3.8, 4) is 17.5 Å². The first-order valence-electron chi connectivity index (χ1n) is 9.05. The highest BCUT2D eigenvalue weighted by atomic mass is 16.4. The average molecular weight is 368 g/mol. The van der Waals surface area contributed by atoms with Gasteiger partial charge in [0.25, 0.3) is 0 Å². The monoisotopic (exact) mass is 368 g/mol. The van der Waals surface area contributed by atoms with Crippen LogP contribution in [0.4, 0.5) is 6.01 Å². The van der Waals surface area contributed by atoms with Crippen LogP contribution in [0.15, 0.2) is 34.7 Å². The molecule has 2 aromatic rings. The van der Waals surface area contributed by atoms with E-state index in [0.29, 0.717) is 25.0 Å². The number of carbonyl (C=O) groups is 1. The summed E-state index contributed by atoms with van der Waals surface area (Å²) in [4.78, 5) is 14.0. The van der Waals surface area contributed by atoms with E-state index in [2.05, 4.69) is 26.9 Å². The second-order valence-electron chi connectivity index (χ2n) is 7.24. The quantitative estimate of drug-likeness (QED) is 0.770. The molecule has 2 heterocycles. The van der Waals surface area contributed by atoms with Gasteiger partial charge in [-0.25, -0.2) is 0 Å². The third-order valence-corrected chi connectivity index (χ3v) is 4.57. The minimum absolute atomic E-state index is 0.0451. The Balaban J connectivity index is 1.49. The molecule has 0 aliphatic carbocycles. The maximum atomic E-state index is 12.3. The van der Waals surface area contributed by atoms with Crippen LogP contribution in [0.2, 0.25) is 0 Å². The van der Waals surface area contributed by atoms with Gasteiger partial charge in [-0.15, -0.1) is 5.10 Å². The predicted molar refractivity (Wildman–Crippen MR) is 101 cm³/mol. The van der Waals surface area contributed by atoms with Crippen LogP contribution in [-0.4, -0.2) is 52.2 Å². The summed E-state index contributed by atoms with van der Waals surface area (Å²) in [5.74, 6) is 0.409. The fourth-order valence-electron chi connectivity index (χ4n) is 2.97. The number of carbonyl (C=O) groups excluding carboxylic acids is 1. The topological polar surface area (TPSA) is 107 Å². The van der Waals surface area contributed by atoms with Gasteiger partial charge in [0.15, 0.2) is 0 Å². The smallest absolute Gasteiger partial charge is 0.315 e. The molecule has 2 N–H and O–H groups in total. The van der Waals surface area contributed by atoms with Crippen molar-refractivity contribution in [3.63, 3.8) is 0 Å². The Morgan fingerprint density at radius 2 is 2.15 bits per heavy atom. The van der Waals surface area contributed by atoms with Crippen LogP contribution in [0.3, 0.4) is 0 Å². The van der Waals surface area contributed by atoms with Crippen molar-refractivity contribution < 1.29 is 9.21 Å². The molecule has 1 saturated heterocycles. The molecule has 3 rings (SSSR count). The average Bonchev–Trinajstić information content (AvgIpc) is 3.34.